The molecule has 0 aliphatic heterocycles. The number of nitrogens with one attached hydrogen (secondary N) is 2. The molecule has 208 valence electrons. The highest BCUT2D eigenvalue weighted by Gasteiger charge is 2.20. The Balaban J connectivity index is 1.49. The largest absolute Gasteiger partial charge is 0.478 e. The van der Waals surface area contributed by atoms with E-state index < -0.39 is 21.8 Å². The molecule has 4 aromatic rings. The molecule has 0 saturated carbocycles. The quantitative estimate of drug-likeness (QED) is 0.171. The van der Waals surface area contributed by atoms with Crippen LogP contribution in [0.5, 0.6) is 0 Å². The van der Waals surface area contributed by atoms with Crippen LogP contribution in [0.3, 0.4) is 0 Å². The van der Waals surface area contributed by atoms with Gasteiger partial charge in [-0.3, -0.25) is 0 Å². The second-order valence-electron chi connectivity index (χ2n) is 9.60. The van der Waals surface area contributed by atoms with Crippen molar-refractivity contribution < 1.29 is 22.7 Å². The summed E-state index contributed by atoms with van der Waals surface area (Å²) in [7, 11) is -4.05. The Morgan fingerprint density at radius 1 is 0.950 bits per heavy atom. The van der Waals surface area contributed by atoms with Gasteiger partial charge >= 0.3 is 5.97 Å². The van der Waals surface area contributed by atoms with E-state index in [9.17, 15) is 22.7 Å². The first-order chi connectivity index (χ1) is 19.1. The molecular formula is C31H30ClFN2O4S. The standard InChI is InChI=1S/C31H30ClFN2O4S/c1-21-7-9-22(10-8-21)11-13-25(24-5-3-2-4-6-24)20-34-30-16-14-26(18-27(30)31(36)37)40(38,39)35-19-23-12-15-29(33)28(32)17-23/h2-10,12,14-18,25,34-35H,11,13,19-20H2,1H3,(H,36,37). The first-order valence-corrected chi connectivity index (χ1v) is 14.6. The predicted octanol–water partition coefficient (Wildman–Crippen LogP) is 6.79. The fraction of sp³-hybridized carbons (Fsp3) is 0.194. The van der Waals surface area contributed by atoms with Crippen LogP contribution in [-0.2, 0) is 23.0 Å². The second-order valence-corrected chi connectivity index (χ2v) is 11.8. The average molecular weight is 581 g/mol. The Hall–Kier alpha value is -3.72. The second kappa shape index (κ2) is 13.1. The lowest BCUT2D eigenvalue weighted by molar-refractivity contribution is 0.0697. The van der Waals surface area contributed by atoms with Gasteiger partial charge in [0.2, 0.25) is 10.0 Å². The number of rotatable bonds is 12. The van der Waals surface area contributed by atoms with Gasteiger partial charge in [0.25, 0.3) is 0 Å². The SMILES string of the molecule is Cc1ccc(CCC(CNc2ccc(S(=O)(=O)NCc3ccc(F)c(Cl)c3)cc2C(=O)O)c2ccccc2)cc1. The summed E-state index contributed by atoms with van der Waals surface area (Å²) in [6, 6.07) is 26.3. The highest BCUT2D eigenvalue weighted by Crippen LogP contribution is 2.26. The molecule has 0 saturated heterocycles. The maximum atomic E-state index is 13.4. The van der Waals surface area contributed by atoms with E-state index in [4.69, 9.17) is 11.6 Å². The zero-order chi connectivity index (χ0) is 28.7. The van der Waals surface area contributed by atoms with Crippen LogP contribution < -0.4 is 10.0 Å². The molecule has 6 nitrogen and oxygen atoms in total. The number of carboxylic acids is 1. The Kier molecular flexibility index (Phi) is 9.58. The number of carboxylic acid groups (broad SMARTS) is 1. The van der Waals surface area contributed by atoms with Crippen LogP contribution in [0.4, 0.5) is 10.1 Å². The van der Waals surface area contributed by atoms with Gasteiger partial charge in [0, 0.05) is 24.7 Å². The van der Waals surface area contributed by atoms with Crippen LogP contribution in [0.2, 0.25) is 5.02 Å². The van der Waals surface area contributed by atoms with Crippen LogP contribution in [0.25, 0.3) is 0 Å². The molecule has 0 aliphatic carbocycles. The third-order valence-corrected chi connectivity index (χ3v) is 8.38. The zero-order valence-corrected chi connectivity index (χ0v) is 23.5. The minimum absolute atomic E-state index is 0.0942. The van der Waals surface area contributed by atoms with Crippen LogP contribution in [0.15, 0.2) is 95.9 Å². The Morgan fingerprint density at radius 3 is 2.33 bits per heavy atom. The van der Waals surface area contributed by atoms with Crippen molar-refractivity contribution in [2.75, 3.05) is 11.9 Å². The number of benzene rings is 4. The lowest BCUT2D eigenvalue weighted by Gasteiger charge is -2.20. The number of carbonyl (C=O) groups is 1. The summed E-state index contributed by atoms with van der Waals surface area (Å²) in [6.45, 7) is 2.38. The third-order valence-electron chi connectivity index (χ3n) is 6.69. The molecule has 0 bridgehead atoms. The van der Waals surface area contributed by atoms with Gasteiger partial charge in [-0.25, -0.2) is 22.3 Å². The topological polar surface area (TPSA) is 95.5 Å². The number of sulfonamides is 1. The zero-order valence-electron chi connectivity index (χ0n) is 21.9. The Labute approximate surface area is 238 Å². The number of hydrogen-bond donors (Lipinski definition) is 3. The lowest BCUT2D eigenvalue weighted by atomic mass is 9.92. The summed E-state index contributed by atoms with van der Waals surface area (Å²) in [5.74, 6) is -1.76. The van der Waals surface area contributed by atoms with Gasteiger partial charge in [-0.15, -0.1) is 0 Å². The van der Waals surface area contributed by atoms with Gasteiger partial charge in [-0.05, 0) is 66.8 Å². The van der Waals surface area contributed by atoms with E-state index in [-0.39, 0.29) is 27.9 Å². The molecule has 0 heterocycles. The van der Waals surface area contributed by atoms with Crippen molar-refractivity contribution in [3.63, 3.8) is 0 Å². The molecule has 1 unspecified atom stereocenters. The van der Waals surface area contributed by atoms with Crippen LogP contribution >= 0.6 is 11.6 Å². The fourth-order valence-electron chi connectivity index (χ4n) is 4.37. The van der Waals surface area contributed by atoms with Crippen molar-refractivity contribution in [2.24, 2.45) is 0 Å². The Bertz CT molecular complexity index is 1580. The molecule has 0 fully saturated rings. The minimum atomic E-state index is -4.05. The first-order valence-electron chi connectivity index (χ1n) is 12.8. The average Bonchev–Trinajstić information content (AvgIpc) is 2.95. The number of anilines is 1. The highest BCUT2D eigenvalue weighted by molar-refractivity contribution is 7.89. The molecule has 0 spiro atoms. The monoisotopic (exact) mass is 580 g/mol. The maximum Gasteiger partial charge on any atom is 0.337 e. The van der Waals surface area contributed by atoms with Crippen molar-refractivity contribution in [3.8, 4) is 0 Å². The number of aryl methyl sites for hydroxylation is 2. The summed E-state index contributed by atoms with van der Waals surface area (Å²) in [5.41, 5.74) is 4.19. The summed E-state index contributed by atoms with van der Waals surface area (Å²) in [5, 5.41) is 13.0. The molecule has 4 rings (SSSR count). The summed E-state index contributed by atoms with van der Waals surface area (Å²) >= 11 is 5.78. The highest BCUT2D eigenvalue weighted by atomic mass is 35.5. The maximum absolute atomic E-state index is 13.4. The van der Waals surface area contributed by atoms with E-state index in [2.05, 4.69) is 53.4 Å². The van der Waals surface area contributed by atoms with E-state index in [0.717, 1.165) is 30.5 Å². The normalized spacial score (nSPS) is 12.2. The molecule has 0 radical (unpaired) electrons. The van der Waals surface area contributed by atoms with Gasteiger partial charge in [-0.2, -0.15) is 0 Å². The van der Waals surface area contributed by atoms with Crippen LogP contribution in [0, 0.1) is 12.7 Å². The minimum Gasteiger partial charge on any atom is -0.478 e. The molecular weight excluding hydrogens is 551 g/mol. The molecule has 40 heavy (non-hydrogen) atoms. The smallest absolute Gasteiger partial charge is 0.337 e. The van der Waals surface area contributed by atoms with E-state index in [0.29, 0.717) is 17.8 Å². The van der Waals surface area contributed by atoms with Crippen LogP contribution in [0.1, 0.15) is 45.0 Å². The molecule has 4 aromatic carbocycles. The van der Waals surface area contributed by atoms with E-state index in [1.165, 1.54) is 35.4 Å². The fourth-order valence-corrected chi connectivity index (χ4v) is 5.62. The summed E-state index contributed by atoms with van der Waals surface area (Å²) in [6.07, 6.45) is 1.70. The predicted molar refractivity (Wildman–Crippen MR) is 156 cm³/mol. The van der Waals surface area contributed by atoms with E-state index in [1.807, 2.05) is 18.2 Å². The Morgan fingerprint density at radius 2 is 1.65 bits per heavy atom. The van der Waals surface area contributed by atoms with Crippen molar-refractivity contribution in [1.29, 1.82) is 0 Å². The van der Waals surface area contributed by atoms with Crippen molar-refractivity contribution in [1.82, 2.24) is 4.72 Å². The molecule has 0 amide bonds. The molecule has 3 N–H and O–H groups in total. The van der Waals surface area contributed by atoms with Gasteiger partial charge in [0.05, 0.1) is 15.5 Å². The van der Waals surface area contributed by atoms with Gasteiger partial charge in [0.15, 0.2) is 0 Å². The van der Waals surface area contributed by atoms with Gasteiger partial charge in [0.1, 0.15) is 5.82 Å². The molecule has 0 aliphatic rings. The van der Waals surface area contributed by atoms with Crippen LogP contribution in [-0.4, -0.2) is 26.0 Å². The number of halogens is 2. The molecule has 9 heteroatoms. The molecule has 0 aromatic heterocycles. The van der Waals surface area contributed by atoms with Crippen molar-refractivity contribution >= 4 is 33.3 Å². The number of hydrogen-bond acceptors (Lipinski definition) is 4. The van der Waals surface area contributed by atoms with Crippen molar-refractivity contribution in [2.45, 2.75) is 37.1 Å². The lowest BCUT2D eigenvalue weighted by Crippen LogP contribution is -2.24. The number of aromatic carboxylic acids is 1. The van der Waals surface area contributed by atoms with E-state index in [1.54, 1.807) is 0 Å². The van der Waals surface area contributed by atoms with Gasteiger partial charge in [-0.1, -0.05) is 77.8 Å². The summed E-state index contributed by atoms with van der Waals surface area (Å²) in [4.78, 5) is 11.9. The van der Waals surface area contributed by atoms with Gasteiger partial charge < -0.3 is 10.4 Å². The third kappa shape index (κ3) is 7.69. The molecule has 1 atom stereocenters. The van der Waals surface area contributed by atoms with Crippen molar-refractivity contribution in [3.05, 3.63) is 130 Å². The first kappa shape index (κ1) is 29.3. The van der Waals surface area contributed by atoms with E-state index >= 15 is 0 Å². The summed E-state index contributed by atoms with van der Waals surface area (Å²) < 4.78 is 41.6.